The molecule has 0 unspecified atom stereocenters. The van der Waals surface area contributed by atoms with Crippen LogP contribution in [0.5, 0.6) is 0 Å². The van der Waals surface area contributed by atoms with Gasteiger partial charge in [-0.2, -0.15) is 5.10 Å². The molecule has 1 aromatic heterocycles. The van der Waals surface area contributed by atoms with Gasteiger partial charge < -0.3 is 5.32 Å². The van der Waals surface area contributed by atoms with Gasteiger partial charge in [0.15, 0.2) is 0 Å². The molecule has 0 aliphatic heterocycles. The maximum atomic E-state index is 12.1. The number of rotatable bonds is 6. The van der Waals surface area contributed by atoms with Crippen LogP contribution in [0.2, 0.25) is 0 Å². The molecule has 0 fully saturated rings. The minimum absolute atomic E-state index is 0.00375. The van der Waals surface area contributed by atoms with Crippen LogP contribution in [0.4, 0.5) is 0 Å². The molecule has 26 heavy (non-hydrogen) atoms. The van der Waals surface area contributed by atoms with E-state index in [0.29, 0.717) is 0 Å². The number of hydrazine groups is 1. The summed E-state index contributed by atoms with van der Waals surface area (Å²) in [6.45, 7) is 5.09. The third-order valence-corrected chi connectivity index (χ3v) is 3.71. The van der Waals surface area contributed by atoms with Crippen molar-refractivity contribution in [1.29, 1.82) is 0 Å². The Morgan fingerprint density at radius 3 is 2.31 bits per heavy atom. The predicted molar refractivity (Wildman–Crippen MR) is 95.6 cm³/mol. The molecular formula is C18H23N5O3. The molecule has 2 rings (SSSR count). The van der Waals surface area contributed by atoms with Crippen molar-refractivity contribution in [2.45, 2.75) is 39.8 Å². The first kappa shape index (κ1) is 19.2. The molecular weight excluding hydrogens is 334 g/mol. The molecule has 0 saturated carbocycles. The molecule has 8 heteroatoms. The zero-order valence-electron chi connectivity index (χ0n) is 15.1. The van der Waals surface area contributed by atoms with Crippen molar-refractivity contribution >= 4 is 17.7 Å². The van der Waals surface area contributed by atoms with Crippen LogP contribution in [0, 0.1) is 13.8 Å². The van der Waals surface area contributed by atoms with Gasteiger partial charge in [0.05, 0.1) is 18.2 Å². The van der Waals surface area contributed by atoms with E-state index in [4.69, 9.17) is 0 Å². The number of benzene rings is 1. The van der Waals surface area contributed by atoms with Crippen molar-refractivity contribution in [3.63, 3.8) is 0 Å². The number of amides is 3. The summed E-state index contributed by atoms with van der Waals surface area (Å²) in [5.41, 5.74) is 7.23. The largest absolute Gasteiger partial charge is 0.349 e. The van der Waals surface area contributed by atoms with Crippen LogP contribution in [0.1, 0.15) is 36.3 Å². The Bertz CT molecular complexity index is 785. The quantitative estimate of drug-likeness (QED) is 0.669. The number of aromatic nitrogens is 2. The van der Waals surface area contributed by atoms with E-state index in [0.717, 1.165) is 17.0 Å². The summed E-state index contributed by atoms with van der Waals surface area (Å²) in [6, 6.07) is 10.6. The Balaban J connectivity index is 1.88. The Hall–Kier alpha value is -3.16. The van der Waals surface area contributed by atoms with Gasteiger partial charge in [0.1, 0.15) is 6.54 Å². The standard InChI is InChI=1S/C18H23N5O3/c1-12-9-13(2)23(22-12)11-18(26)21-20-17(25)10-16(19-14(3)24)15-7-5-4-6-8-15/h4-9,16H,10-11H2,1-3H3,(H,19,24)(H,20,25)(H,21,26)/t16-/m0/s1. The number of nitrogens with zero attached hydrogens (tertiary/aromatic N) is 2. The zero-order chi connectivity index (χ0) is 19.1. The Morgan fingerprint density at radius 1 is 1.08 bits per heavy atom. The van der Waals surface area contributed by atoms with Gasteiger partial charge in [-0.15, -0.1) is 0 Å². The van der Waals surface area contributed by atoms with Crippen LogP contribution in [-0.2, 0) is 20.9 Å². The van der Waals surface area contributed by atoms with E-state index < -0.39 is 11.9 Å². The highest BCUT2D eigenvalue weighted by molar-refractivity contribution is 5.83. The lowest BCUT2D eigenvalue weighted by Crippen LogP contribution is -2.44. The monoisotopic (exact) mass is 357 g/mol. The first-order valence-electron chi connectivity index (χ1n) is 8.26. The molecule has 1 aromatic carbocycles. The van der Waals surface area contributed by atoms with Gasteiger partial charge in [-0.05, 0) is 25.5 Å². The average Bonchev–Trinajstić information content (AvgIpc) is 2.90. The van der Waals surface area contributed by atoms with E-state index in [-0.39, 0.29) is 24.8 Å². The number of hydrogen-bond acceptors (Lipinski definition) is 4. The summed E-state index contributed by atoms with van der Waals surface area (Å²) in [7, 11) is 0. The molecule has 138 valence electrons. The number of hydrogen-bond donors (Lipinski definition) is 3. The molecule has 0 spiro atoms. The average molecular weight is 357 g/mol. The highest BCUT2D eigenvalue weighted by Gasteiger charge is 2.17. The second-order valence-corrected chi connectivity index (χ2v) is 6.05. The second-order valence-electron chi connectivity index (χ2n) is 6.05. The van der Waals surface area contributed by atoms with E-state index in [1.807, 2.05) is 50.2 Å². The van der Waals surface area contributed by atoms with Crippen LogP contribution >= 0.6 is 0 Å². The van der Waals surface area contributed by atoms with Gasteiger partial charge in [-0.3, -0.25) is 29.9 Å². The minimum Gasteiger partial charge on any atom is -0.349 e. The first-order valence-corrected chi connectivity index (χ1v) is 8.26. The normalized spacial score (nSPS) is 11.5. The lowest BCUT2D eigenvalue weighted by atomic mass is 10.0. The van der Waals surface area contributed by atoms with Crippen molar-refractivity contribution in [1.82, 2.24) is 25.9 Å². The summed E-state index contributed by atoms with van der Waals surface area (Å²) in [4.78, 5) is 35.5. The summed E-state index contributed by atoms with van der Waals surface area (Å²) >= 11 is 0. The maximum Gasteiger partial charge on any atom is 0.260 e. The summed E-state index contributed by atoms with van der Waals surface area (Å²) in [5, 5.41) is 6.93. The molecule has 0 aliphatic carbocycles. The van der Waals surface area contributed by atoms with Crippen LogP contribution in [0.25, 0.3) is 0 Å². The van der Waals surface area contributed by atoms with Crippen LogP contribution in [0.15, 0.2) is 36.4 Å². The fourth-order valence-electron chi connectivity index (χ4n) is 2.57. The topological polar surface area (TPSA) is 105 Å². The molecule has 2 aromatic rings. The molecule has 1 atom stereocenters. The van der Waals surface area contributed by atoms with E-state index in [1.54, 1.807) is 4.68 Å². The first-order chi connectivity index (χ1) is 12.3. The predicted octanol–water partition coefficient (Wildman–Crippen LogP) is 0.915. The number of nitrogens with one attached hydrogen (secondary N) is 3. The highest BCUT2D eigenvalue weighted by Crippen LogP contribution is 2.16. The van der Waals surface area contributed by atoms with E-state index >= 15 is 0 Å². The zero-order valence-corrected chi connectivity index (χ0v) is 15.1. The Labute approximate surface area is 151 Å². The third-order valence-electron chi connectivity index (χ3n) is 3.71. The van der Waals surface area contributed by atoms with Crippen molar-refractivity contribution in [2.24, 2.45) is 0 Å². The molecule has 0 saturated heterocycles. The molecule has 3 amide bonds. The lowest BCUT2D eigenvalue weighted by Gasteiger charge is -2.18. The van der Waals surface area contributed by atoms with Crippen molar-refractivity contribution in [3.05, 3.63) is 53.3 Å². The molecule has 8 nitrogen and oxygen atoms in total. The second kappa shape index (κ2) is 8.80. The fraction of sp³-hybridized carbons (Fsp3) is 0.333. The van der Waals surface area contributed by atoms with Crippen LogP contribution in [0.3, 0.4) is 0 Å². The van der Waals surface area contributed by atoms with Gasteiger partial charge in [0.25, 0.3) is 5.91 Å². The number of carbonyl (C=O) groups is 3. The van der Waals surface area contributed by atoms with Gasteiger partial charge in [-0.25, -0.2) is 0 Å². The lowest BCUT2D eigenvalue weighted by molar-refractivity contribution is -0.130. The highest BCUT2D eigenvalue weighted by atomic mass is 16.2. The van der Waals surface area contributed by atoms with Gasteiger partial charge in [0, 0.05) is 12.6 Å². The SMILES string of the molecule is CC(=O)N[C@@H](CC(=O)NNC(=O)Cn1nc(C)cc1C)c1ccccc1. The molecule has 0 radical (unpaired) electrons. The Kier molecular flexibility index (Phi) is 6.48. The van der Waals surface area contributed by atoms with E-state index in [1.165, 1.54) is 6.92 Å². The number of aryl methyl sites for hydroxylation is 2. The summed E-state index contributed by atoms with van der Waals surface area (Å²) in [6.07, 6.45) is 0.00375. The summed E-state index contributed by atoms with van der Waals surface area (Å²) < 4.78 is 1.56. The smallest absolute Gasteiger partial charge is 0.260 e. The van der Waals surface area contributed by atoms with E-state index in [2.05, 4.69) is 21.3 Å². The fourth-order valence-corrected chi connectivity index (χ4v) is 2.57. The number of carbonyl (C=O) groups excluding carboxylic acids is 3. The van der Waals surface area contributed by atoms with Gasteiger partial charge in [-0.1, -0.05) is 30.3 Å². The minimum atomic E-state index is -0.471. The van der Waals surface area contributed by atoms with Crippen molar-refractivity contribution in [3.8, 4) is 0 Å². The van der Waals surface area contributed by atoms with Crippen LogP contribution < -0.4 is 16.2 Å². The summed E-state index contributed by atoms with van der Waals surface area (Å²) in [5.74, 6) is -1.03. The van der Waals surface area contributed by atoms with Crippen molar-refractivity contribution < 1.29 is 14.4 Å². The Morgan fingerprint density at radius 2 is 1.73 bits per heavy atom. The van der Waals surface area contributed by atoms with Crippen molar-refractivity contribution in [2.75, 3.05) is 0 Å². The maximum absolute atomic E-state index is 12.1. The molecule has 0 bridgehead atoms. The van der Waals surface area contributed by atoms with E-state index in [9.17, 15) is 14.4 Å². The molecule has 0 aliphatic rings. The van der Waals surface area contributed by atoms with Crippen LogP contribution in [-0.4, -0.2) is 27.5 Å². The van der Waals surface area contributed by atoms with Gasteiger partial charge >= 0.3 is 0 Å². The van der Waals surface area contributed by atoms with Gasteiger partial charge in [0.2, 0.25) is 11.8 Å². The molecule has 1 heterocycles. The third kappa shape index (κ3) is 5.73. The molecule has 3 N–H and O–H groups in total.